The average Bonchev–Trinajstić information content (AvgIpc) is 2.52. The van der Waals surface area contributed by atoms with Gasteiger partial charge in [-0.3, -0.25) is 0 Å². The average molecular weight is 316 g/mol. The lowest BCUT2D eigenvalue weighted by Gasteiger charge is -2.46. The number of aliphatic hydroxyl groups is 2. The van der Waals surface area contributed by atoms with Crippen LogP contribution in [0.15, 0.2) is 42.5 Å². The van der Waals surface area contributed by atoms with Crippen molar-refractivity contribution in [1.29, 1.82) is 0 Å². The second kappa shape index (κ2) is 6.19. The number of hydrogen-bond donors (Lipinski definition) is 4. The van der Waals surface area contributed by atoms with Gasteiger partial charge in [0.1, 0.15) is 12.2 Å². The van der Waals surface area contributed by atoms with Crippen LogP contribution in [0.5, 0.6) is 0 Å². The molecule has 0 aliphatic heterocycles. The Morgan fingerprint density at radius 2 is 1.83 bits per heavy atom. The lowest BCUT2D eigenvalue weighted by molar-refractivity contribution is -0.152. The highest BCUT2D eigenvalue weighted by Gasteiger charge is 2.47. The van der Waals surface area contributed by atoms with Gasteiger partial charge in [-0.2, -0.15) is 0 Å². The summed E-state index contributed by atoms with van der Waals surface area (Å²) in [5, 5.41) is 22.5. The zero-order valence-electron chi connectivity index (χ0n) is 13.2. The Labute approximate surface area is 135 Å². The van der Waals surface area contributed by atoms with Crippen LogP contribution in [0.2, 0.25) is 0 Å². The standard InChI is InChI=1S/C18H24N2O3/c1-18(20)9-14(19)15(21)16(22)17(18)23-10-11-6-7-12-4-2-3-5-13(12)8-11/h2-8,14-17,21-22H,9-10,19-20H2,1H3/t14?,15?,16?,17-,18?/m0/s1. The molecule has 0 heterocycles. The van der Waals surface area contributed by atoms with Crippen molar-refractivity contribution in [3.05, 3.63) is 48.0 Å². The van der Waals surface area contributed by atoms with Crippen molar-refractivity contribution < 1.29 is 14.9 Å². The molecule has 2 aromatic carbocycles. The molecule has 0 spiro atoms. The molecule has 0 bridgehead atoms. The molecule has 6 N–H and O–H groups in total. The van der Waals surface area contributed by atoms with E-state index in [2.05, 4.69) is 12.1 Å². The van der Waals surface area contributed by atoms with Gasteiger partial charge in [0.05, 0.1) is 12.7 Å². The molecule has 23 heavy (non-hydrogen) atoms. The smallest absolute Gasteiger partial charge is 0.109 e. The number of hydrogen-bond acceptors (Lipinski definition) is 5. The zero-order chi connectivity index (χ0) is 16.6. The third kappa shape index (κ3) is 3.24. The normalized spacial score (nSPS) is 34.7. The van der Waals surface area contributed by atoms with Crippen molar-refractivity contribution in [1.82, 2.24) is 0 Å². The monoisotopic (exact) mass is 316 g/mol. The van der Waals surface area contributed by atoms with E-state index in [1.165, 1.54) is 5.39 Å². The highest BCUT2D eigenvalue weighted by atomic mass is 16.5. The van der Waals surface area contributed by atoms with Crippen LogP contribution in [0.25, 0.3) is 10.8 Å². The van der Waals surface area contributed by atoms with E-state index in [-0.39, 0.29) is 0 Å². The lowest BCUT2D eigenvalue weighted by Crippen LogP contribution is -2.67. The van der Waals surface area contributed by atoms with Crippen LogP contribution in [0, 0.1) is 0 Å². The van der Waals surface area contributed by atoms with Gasteiger partial charge in [-0.05, 0) is 35.7 Å². The molecule has 124 valence electrons. The van der Waals surface area contributed by atoms with Crippen LogP contribution in [-0.4, -0.2) is 40.1 Å². The van der Waals surface area contributed by atoms with E-state index >= 15 is 0 Å². The van der Waals surface area contributed by atoms with Gasteiger partial charge in [-0.15, -0.1) is 0 Å². The Morgan fingerprint density at radius 1 is 1.13 bits per heavy atom. The molecule has 0 aromatic heterocycles. The summed E-state index contributed by atoms with van der Waals surface area (Å²) < 4.78 is 5.87. The summed E-state index contributed by atoms with van der Waals surface area (Å²) in [5.74, 6) is 0. The molecule has 5 nitrogen and oxygen atoms in total. The van der Waals surface area contributed by atoms with Gasteiger partial charge in [-0.1, -0.05) is 36.4 Å². The molecular weight excluding hydrogens is 292 g/mol. The zero-order valence-corrected chi connectivity index (χ0v) is 13.2. The summed E-state index contributed by atoms with van der Waals surface area (Å²) in [7, 11) is 0. The van der Waals surface area contributed by atoms with E-state index in [4.69, 9.17) is 16.2 Å². The fourth-order valence-corrected chi connectivity index (χ4v) is 3.37. The van der Waals surface area contributed by atoms with Gasteiger partial charge in [0.25, 0.3) is 0 Å². The predicted octanol–water partition coefficient (Wildman–Crippen LogP) is 0.895. The molecule has 0 saturated heterocycles. The minimum Gasteiger partial charge on any atom is -0.389 e. The molecular formula is C18H24N2O3. The molecule has 1 aliphatic rings. The number of nitrogens with two attached hydrogens (primary N) is 2. The maximum atomic E-state index is 10.3. The summed E-state index contributed by atoms with van der Waals surface area (Å²) in [5.41, 5.74) is 12.3. The van der Waals surface area contributed by atoms with Gasteiger partial charge in [0.15, 0.2) is 0 Å². The van der Waals surface area contributed by atoms with E-state index in [0.29, 0.717) is 13.0 Å². The minimum atomic E-state index is -1.09. The summed E-state index contributed by atoms with van der Waals surface area (Å²) >= 11 is 0. The van der Waals surface area contributed by atoms with E-state index in [1.807, 2.05) is 30.3 Å². The van der Waals surface area contributed by atoms with Crippen molar-refractivity contribution in [3.63, 3.8) is 0 Å². The number of benzene rings is 2. The fourth-order valence-electron chi connectivity index (χ4n) is 3.37. The largest absolute Gasteiger partial charge is 0.389 e. The quantitative estimate of drug-likeness (QED) is 0.674. The molecule has 0 radical (unpaired) electrons. The second-order valence-electron chi connectivity index (χ2n) is 6.77. The van der Waals surface area contributed by atoms with Crippen LogP contribution in [0.1, 0.15) is 18.9 Å². The van der Waals surface area contributed by atoms with Crippen LogP contribution >= 0.6 is 0 Å². The van der Waals surface area contributed by atoms with Crippen molar-refractivity contribution in [2.75, 3.05) is 0 Å². The highest BCUT2D eigenvalue weighted by molar-refractivity contribution is 5.82. The Kier molecular flexibility index (Phi) is 4.40. The molecule has 1 aliphatic carbocycles. The number of fused-ring (bicyclic) bond motifs is 1. The number of ether oxygens (including phenoxy) is 1. The third-order valence-electron chi connectivity index (χ3n) is 4.67. The van der Waals surface area contributed by atoms with Crippen LogP contribution < -0.4 is 11.5 Å². The molecule has 5 heteroatoms. The van der Waals surface area contributed by atoms with Crippen molar-refractivity contribution in [3.8, 4) is 0 Å². The van der Waals surface area contributed by atoms with Gasteiger partial charge >= 0.3 is 0 Å². The highest BCUT2D eigenvalue weighted by Crippen LogP contribution is 2.29. The van der Waals surface area contributed by atoms with E-state index in [1.54, 1.807) is 6.92 Å². The molecule has 5 atom stereocenters. The maximum absolute atomic E-state index is 10.3. The third-order valence-corrected chi connectivity index (χ3v) is 4.67. The van der Waals surface area contributed by atoms with Crippen LogP contribution in [0.4, 0.5) is 0 Å². The Morgan fingerprint density at radius 3 is 2.57 bits per heavy atom. The summed E-state index contributed by atoms with van der Waals surface area (Å²) in [4.78, 5) is 0. The Balaban J connectivity index is 1.75. The summed E-state index contributed by atoms with van der Waals surface area (Å²) in [6.07, 6.45) is -2.38. The molecule has 3 rings (SSSR count). The van der Waals surface area contributed by atoms with Gasteiger partial charge in [-0.25, -0.2) is 0 Å². The van der Waals surface area contributed by atoms with Crippen molar-refractivity contribution >= 4 is 10.8 Å². The molecule has 1 fully saturated rings. The lowest BCUT2D eigenvalue weighted by atomic mass is 9.75. The molecule has 4 unspecified atom stereocenters. The topological polar surface area (TPSA) is 102 Å². The summed E-state index contributed by atoms with van der Waals surface area (Å²) in [6.45, 7) is 2.12. The van der Waals surface area contributed by atoms with Crippen LogP contribution in [-0.2, 0) is 11.3 Å². The van der Waals surface area contributed by atoms with Crippen molar-refractivity contribution in [2.45, 2.75) is 49.8 Å². The van der Waals surface area contributed by atoms with Crippen LogP contribution in [0.3, 0.4) is 0 Å². The minimum absolute atomic E-state index is 0.321. The first-order valence-electron chi connectivity index (χ1n) is 7.88. The molecule has 1 saturated carbocycles. The fraction of sp³-hybridized carbons (Fsp3) is 0.444. The first-order chi connectivity index (χ1) is 10.9. The number of rotatable bonds is 3. The second-order valence-corrected chi connectivity index (χ2v) is 6.77. The Hall–Kier alpha value is -1.50. The first-order valence-corrected chi connectivity index (χ1v) is 7.88. The first kappa shape index (κ1) is 16.4. The molecule has 2 aromatic rings. The predicted molar refractivity (Wildman–Crippen MR) is 89.7 cm³/mol. The van der Waals surface area contributed by atoms with Crippen molar-refractivity contribution in [2.24, 2.45) is 11.5 Å². The Bertz CT molecular complexity index is 689. The number of aliphatic hydroxyl groups excluding tert-OH is 2. The van der Waals surface area contributed by atoms with Gasteiger partial charge in [0, 0.05) is 11.6 Å². The summed E-state index contributed by atoms with van der Waals surface area (Å²) in [6, 6.07) is 13.6. The van der Waals surface area contributed by atoms with Gasteiger partial charge in [0.2, 0.25) is 0 Å². The SMILES string of the molecule is CC1(N)CC(N)C(O)C(O)[C@@H]1OCc1ccc2ccccc2c1. The van der Waals surface area contributed by atoms with Gasteiger partial charge < -0.3 is 26.4 Å². The van der Waals surface area contributed by atoms with E-state index < -0.39 is 29.9 Å². The van der Waals surface area contributed by atoms with E-state index in [9.17, 15) is 10.2 Å². The molecule has 0 amide bonds. The van der Waals surface area contributed by atoms with E-state index in [0.717, 1.165) is 10.9 Å². The maximum Gasteiger partial charge on any atom is 0.109 e.